The van der Waals surface area contributed by atoms with E-state index in [1.165, 1.54) is 11.8 Å². The molecule has 26 heavy (non-hydrogen) atoms. The standard InChI is InChI=1S/C18H17BrN4O2S/c1-2-10-20-16(24)12-26-18-22-21-17(14-8-9-15(19)25-14)23(18)11-13-6-4-3-5-7-13/h2-9H,1,10-12H2,(H,20,24). The van der Waals surface area contributed by atoms with Crippen LogP contribution in [0.3, 0.4) is 0 Å². The molecule has 0 bridgehead atoms. The van der Waals surface area contributed by atoms with Crippen LogP contribution in [0.15, 0.2) is 69.4 Å². The molecule has 1 aromatic carbocycles. The molecule has 0 unspecified atom stereocenters. The fourth-order valence-corrected chi connectivity index (χ4v) is 3.36. The molecule has 0 fully saturated rings. The molecule has 0 atom stereocenters. The van der Waals surface area contributed by atoms with Crippen LogP contribution in [-0.4, -0.2) is 33.0 Å². The zero-order valence-corrected chi connectivity index (χ0v) is 16.3. The minimum absolute atomic E-state index is 0.0774. The molecular weight excluding hydrogens is 416 g/mol. The number of thioether (sulfide) groups is 1. The van der Waals surface area contributed by atoms with Crippen molar-refractivity contribution in [3.8, 4) is 11.6 Å². The SMILES string of the molecule is C=CCNC(=O)CSc1nnc(-c2ccc(Br)o2)n1Cc1ccccc1. The predicted molar refractivity (Wildman–Crippen MR) is 105 cm³/mol. The lowest BCUT2D eigenvalue weighted by Gasteiger charge is -2.09. The van der Waals surface area contributed by atoms with Crippen molar-refractivity contribution < 1.29 is 9.21 Å². The highest BCUT2D eigenvalue weighted by atomic mass is 79.9. The number of hydrogen-bond donors (Lipinski definition) is 1. The molecule has 1 amide bonds. The second kappa shape index (κ2) is 8.86. The quantitative estimate of drug-likeness (QED) is 0.433. The van der Waals surface area contributed by atoms with E-state index in [0.717, 1.165) is 5.56 Å². The number of rotatable bonds is 8. The molecule has 134 valence electrons. The van der Waals surface area contributed by atoms with E-state index in [2.05, 4.69) is 38.0 Å². The van der Waals surface area contributed by atoms with Crippen molar-refractivity contribution in [1.29, 1.82) is 0 Å². The fraction of sp³-hybridized carbons (Fsp3) is 0.167. The van der Waals surface area contributed by atoms with Crippen LogP contribution in [-0.2, 0) is 11.3 Å². The number of carbonyl (C=O) groups is 1. The number of aromatic nitrogens is 3. The summed E-state index contributed by atoms with van der Waals surface area (Å²) < 4.78 is 8.21. The lowest BCUT2D eigenvalue weighted by atomic mass is 10.2. The van der Waals surface area contributed by atoms with Gasteiger partial charge in [0.25, 0.3) is 0 Å². The summed E-state index contributed by atoms with van der Waals surface area (Å²) in [5, 5.41) is 11.9. The summed E-state index contributed by atoms with van der Waals surface area (Å²) in [4.78, 5) is 11.9. The van der Waals surface area contributed by atoms with Crippen LogP contribution in [0.2, 0.25) is 0 Å². The Hall–Kier alpha value is -2.32. The first kappa shape index (κ1) is 18.5. The van der Waals surface area contributed by atoms with Gasteiger partial charge in [0.05, 0.1) is 12.3 Å². The fourth-order valence-electron chi connectivity index (χ4n) is 2.29. The Bertz CT molecular complexity index is 892. The number of benzene rings is 1. The first-order chi connectivity index (χ1) is 12.7. The van der Waals surface area contributed by atoms with Crippen molar-refractivity contribution >= 4 is 33.6 Å². The van der Waals surface area contributed by atoms with Gasteiger partial charge in [-0.3, -0.25) is 9.36 Å². The van der Waals surface area contributed by atoms with Crippen molar-refractivity contribution in [3.05, 3.63) is 65.4 Å². The van der Waals surface area contributed by atoms with Gasteiger partial charge in [-0.15, -0.1) is 16.8 Å². The number of amides is 1. The second-order valence-corrected chi connectivity index (χ2v) is 7.09. The summed E-state index contributed by atoms with van der Waals surface area (Å²) in [6, 6.07) is 13.7. The van der Waals surface area contributed by atoms with Crippen LogP contribution in [0, 0.1) is 0 Å². The second-order valence-electron chi connectivity index (χ2n) is 5.36. The minimum Gasteiger partial charge on any atom is -0.446 e. The largest absolute Gasteiger partial charge is 0.446 e. The van der Waals surface area contributed by atoms with E-state index in [1.807, 2.05) is 47.0 Å². The summed E-state index contributed by atoms with van der Waals surface area (Å²) >= 11 is 4.65. The van der Waals surface area contributed by atoms with Crippen molar-refractivity contribution in [2.75, 3.05) is 12.3 Å². The summed E-state index contributed by atoms with van der Waals surface area (Å²) in [5.74, 6) is 1.41. The highest BCUT2D eigenvalue weighted by Crippen LogP contribution is 2.28. The molecule has 0 aliphatic carbocycles. The van der Waals surface area contributed by atoms with Gasteiger partial charge in [-0.2, -0.15) is 0 Å². The van der Waals surface area contributed by atoms with Crippen molar-refractivity contribution in [2.24, 2.45) is 0 Å². The number of hydrogen-bond acceptors (Lipinski definition) is 5. The summed E-state index contributed by atoms with van der Waals surface area (Å²) in [7, 11) is 0. The molecule has 8 heteroatoms. The number of nitrogens with one attached hydrogen (secondary N) is 1. The van der Waals surface area contributed by atoms with Gasteiger partial charge in [0.15, 0.2) is 15.6 Å². The Morgan fingerprint density at radius 3 is 2.77 bits per heavy atom. The Morgan fingerprint density at radius 1 is 1.27 bits per heavy atom. The van der Waals surface area contributed by atoms with Gasteiger partial charge in [-0.25, -0.2) is 0 Å². The third-order valence-corrected chi connectivity index (χ3v) is 4.86. The number of halogens is 1. The molecule has 0 saturated carbocycles. The number of nitrogens with zero attached hydrogens (tertiary/aromatic N) is 3. The molecule has 2 heterocycles. The van der Waals surface area contributed by atoms with Gasteiger partial charge in [0.2, 0.25) is 11.7 Å². The maximum absolute atomic E-state index is 11.9. The molecule has 0 aliphatic rings. The van der Waals surface area contributed by atoms with Gasteiger partial charge in [-0.1, -0.05) is 48.2 Å². The summed E-state index contributed by atoms with van der Waals surface area (Å²) in [6.07, 6.45) is 1.65. The number of furan rings is 1. The molecule has 3 aromatic rings. The molecule has 3 rings (SSSR count). The van der Waals surface area contributed by atoms with E-state index in [-0.39, 0.29) is 11.7 Å². The Morgan fingerprint density at radius 2 is 2.08 bits per heavy atom. The highest BCUT2D eigenvalue weighted by Gasteiger charge is 2.18. The Labute approximate surface area is 163 Å². The molecule has 2 aromatic heterocycles. The van der Waals surface area contributed by atoms with Gasteiger partial charge >= 0.3 is 0 Å². The smallest absolute Gasteiger partial charge is 0.230 e. The van der Waals surface area contributed by atoms with Crippen molar-refractivity contribution in [1.82, 2.24) is 20.1 Å². The monoisotopic (exact) mass is 432 g/mol. The molecule has 0 spiro atoms. The average Bonchev–Trinajstić information content (AvgIpc) is 3.25. The van der Waals surface area contributed by atoms with E-state index >= 15 is 0 Å². The normalized spacial score (nSPS) is 10.7. The zero-order valence-electron chi connectivity index (χ0n) is 13.9. The minimum atomic E-state index is -0.0774. The molecule has 0 aliphatic heterocycles. The van der Waals surface area contributed by atoms with E-state index in [4.69, 9.17) is 4.42 Å². The van der Waals surface area contributed by atoms with Gasteiger partial charge in [0.1, 0.15) is 0 Å². The van der Waals surface area contributed by atoms with Gasteiger partial charge in [0, 0.05) is 6.54 Å². The van der Waals surface area contributed by atoms with Crippen molar-refractivity contribution in [3.63, 3.8) is 0 Å². The first-order valence-electron chi connectivity index (χ1n) is 7.90. The van der Waals surface area contributed by atoms with E-state index in [0.29, 0.717) is 34.5 Å². The molecule has 0 radical (unpaired) electrons. The summed E-state index contributed by atoms with van der Waals surface area (Å²) in [5.41, 5.74) is 1.11. The van der Waals surface area contributed by atoms with Crippen LogP contribution in [0.4, 0.5) is 0 Å². The average molecular weight is 433 g/mol. The van der Waals surface area contributed by atoms with Crippen molar-refractivity contribution in [2.45, 2.75) is 11.7 Å². The number of carbonyl (C=O) groups excluding carboxylic acids is 1. The van der Waals surface area contributed by atoms with E-state index in [1.54, 1.807) is 6.08 Å². The van der Waals surface area contributed by atoms with E-state index < -0.39 is 0 Å². The third kappa shape index (κ3) is 4.64. The van der Waals surface area contributed by atoms with Crippen LogP contribution in [0.25, 0.3) is 11.6 Å². The predicted octanol–water partition coefficient (Wildman–Crippen LogP) is 3.74. The molecular formula is C18H17BrN4O2S. The Balaban J connectivity index is 1.85. The van der Waals surface area contributed by atoms with Crippen LogP contribution >= 0.6 is 27.7 Å². The molecule has 0 saturated heterocycles. The lowest BCUT2D eigenvalue weighted by Crippen LogP contribution is -2.25. The van der Waals surface area contributed by atoms with Crippen LogP contribution in [0.5, 0.6) is 0 Å². The van der Waals surface area contributed by atoms with E-state index in [9.17, 15) is 4.79 Å². The van der Waals surface area contributed by atoms with Crippen LogP contribution < -0.4 is 5.32 Å². The van der Waals surface area contributed by atoms with Crippen LogP contribution in [0.1, 0.15) is 5.56 Å². The highest BCUT2D eigenvalue weighted by molar-refractivity contribution is 9.10. The maximum Gasteiger partial charge on any atom is 0.230 e. The maximum atomic E-state index is 11.9. The molecule has 1 N–H and O–H groups in total. The van der Waals surface area contributed by atoms with Gasteiger partial charge < -0.3 is 9.73 Å². The lowest BCUT2D eigenvalue weighted by molar-refractivity contribution is -0.118. The summed E-state index contributed by atoms with van der Waals surface area (Å²) in [6.45, 7) is 4.62. The molecule has 6 nitrogen and oxygen atoms in total. The third-order valence-electron chi connectivity index (χ3n) is 3.47. The topological polar surface area (TPSA) is 73.0 Å². The first-order valence-corrected chi connectivity index (χ1v) is 9.68. The zero-order chi connectivity index (χ0) is 18.4. The Kier molecular flexibility index (Phi) is 6.30. The van der Waals surface area contributed by atoms with Gasteiger partial charge in [-0.05, 0) is 33.6 Å².